The zero-order chi connectivity index (χ0) is 19.6. The third kappa shape index (κ3) is 4.64. The Morgan fingerprint density at radius 1 is 1.35 bits per heavy atom. The van der Waals surface area contributed by atoms with E-state index in [4.69, 9.17) is 4.74 Å². The van der Waals surface area contributed by atoms with Crippen LogP contribution in [0.15, 0.2) is 18.3 Å². The van der Waals surface area contributed by atoms with Crippen molar-refractivity contribution in [1.82, 2.24) is 4.98 Å². The number of hydrogen-bond donors (Lipinski definition) is 1. The molecule has 0 saturated heterocycles. The molecule has 1 aromatic heterocycles. The molecule has 0 aromatic carbocycles. The van der Waals surface area contributed by atoms with Gasteiger partial charge in [-0.05, 0) is 0 Å². The van der Waals surface area contributed by atoms with Crippen molar-refractivity contribution in [3.63, 3.8) is 0 Å². The maximum atomic E-state index is 13.2. The second kappa shape index (κ2) is 7.78. The molecule has 1 aliphatic heterocycles. The number of fused-ring (bicyclic) bond motifs is 1. The van der Waals surface area contributed by atoms with E-state index in [1.807, 2.05) is 13.8 Å². The summed E-state index contributed by atoms with van der Waals surface area (Å²) in [5, 5.41) is 9.56. The first-order valence-electron chi connectivity index (χ1n) is 8.50. The Morgan fingerprint density at radius 3 is 2.54 bits per heavy atom. The first-order valence-corrected chi connectivity index (χ1v) is 10.8. The molecule has 0 saturated carbocycles. The third-order valence-electron chi connectivity index (χ3n) is 3.95. The second-order valence-electron chi connectivity index (χ2n) is 7.62. The van der Waals surface area contributed by atoms with Crippen molar-refractivity contribution < 1.29 is 24.2 Å². The number of carboxylic acid groups (broad SMARTS) is 1. The van der Waals surface area contributed by atoms with Crippen LogP contribution in [0.4, 0.5) is 10.6 Å². The SMILES string of the molecule is CC(C)[C@H]([AsH]C(=O)OC(C)(C)C)C(=O)N1c2ncccc2CC1C(=O)O. The Balaban J connectivity index is 2.29. The maximum absolute atomic E-state index is 13.2. The first kappa shape index (κ1) is 20.4. The van der Waals surface area contributed by atoms with Crippen molar-refractivity contribution in [2.75, 3.05) is 4.90 Å². The van der Waals surface area contributed by atoms with Gasteiger partial charge in [-0.15, -0.1) is 0 Å². The molecule has 1 aromatic rings. The summed E-state index contributed by atoms with van der Waals surface area (Å²) in [4.78, 5) is 42.7. The van der Waals surface area contributed by atoms with Crippen LogP contribution in [0.5, 0.6) is 0 Å². The molecule has 0 bridgehead atoms. The molecule has 7 nitrogen and oxygen atoms in total. The van der Waals surface area contributed by atoms with Crippen LogP contribution in [-0.2, 0) is 20.7 Å². The summed E-state index contributed by atoms with van der Waals surface area (Å²) in [6.07, 6.45) is 1.76. The molecule has 0 fully saturated rings. The van der Waals surface area contributed by atoms with Gasteiger partial charge in [-0.2, -0.15) is 0 Å². The Morgan fingerprint density at radius 2 is 2.00 bits per heavy atom. The molecule has 2 heterocycles. The number of aromatic nitrogens is 1. The number of pyridine rings is 1. The van der Waals surface area contributed by atoms with Gasteiger partial charge in [0.05, 0.1) is 0 Å². The third-order valence-corrected chi connectivity index (χ3v) is 7.23. The molecule has 0 spiro atoms. The number of hydrogen-bond acceptors (Lipinski definition) is 5. The van der Waals surface area contributed by atoms with Crippen LogP contribution in [0.1, 0.15) is 40.2 Å². The number of carboxylic acids is 1. The van der Waals surface area contributed by atoms with E-state index >= 15 is 0 Å². The van der Waals surface area contributed by atoms with Gasteiger partial charge in [0.1, 0.15) is 0 Å². The van der Waals surface area contributed by atoms with Crippen molar-refractivity contribution in [2.24, 2.45) is 5.92 Å². The Hall–Kier alpha value is -1.88. The number of carbonyl (C=O) groups is 3. The average Bonchev–Trinajstić information content (AvgIpc) is 2.89. The number of carbonyl (C=O) groups excluding carboxylic acids is 2. The molecule has 2 rings (SSSR count). The van der Waals surface area contributed by atoms with Gasteiger partial charge in [0.25, 0.3) is 0 Å². The van der Waals surface area contributed by atoms with Crippen molar-refractivity contribution in [3.05, 3.63) is 23.9 Å². The summed E-state index contributed by atoms with van der Waals surface area (Å²) in [6, 6.07) is 2.51. The fraction of sp³-hybridized carbons (Fsp3) is 0.556. The van der Waals surface area contributed by atoms with Gasteiger partial charge in [-0.25, -0.2) is 0 Å². The van der Waals surface area contributed by atoms with Gasteiger partial charge in [-0.3, -0.25) is 0 Å². The van der Waals surface area contributed by atoms with Crippen LogP contribution >= 0.6 is 0 Å². The number of aliphatic carboxylic acids is 1. The van der Waals surface area contributed by atoms with Crippen molar-refractivity contribution in [1.29, 1.82) is 0 Å². The quantitative estimate of drug-likeness (QED) is 0.729. The molecule has 1 aliphatic rings. The minimum absolute atomic E-state index is 0.0998. The zero-order valence-corrected chi connectivity index (χ0v) is 17.7. The van der Waals surface area contributed by atoms with E-state index in [9.17, 15) is 19.5 Å². The molecule has 2 unspecified atom stereocenters. The summed E-state index contributed by atoms with van der Waals surface area (Å²) in [5.74, 6) is -1.14. The van der Waals surface area contributed by atoms with E-state index in [1.54, 1.807) is 32.9 Å². The molecule has 1 N–H and O–H groups in total. The molecule has 3 atom stereocenters. The molecular formula is C18H25AsN2O5. The zero-order valence-electron chi connectivity index (χ0n) is 15.6. The van der Waals surface area contributed by atoms with Gasteiger partial charge >= 0.3 is 160 Å². The molecule has 142 valence electrons. The molecular weight excluding hydrogens is 399 g/mol. The molecule has 26 heavy (non-hydrogen) atoms. The van der Waals surface area contributed by atoms with Crippen molar-refractivity contribution in [2.45, 2.75) is 57.4 Å². The number of amides is 1. The van der Waals surface area contributed by atoms with Crippen molar-refractivity contribution >= 4 is 38.2 Å². The number of anilines is 1. The van der Waals surface area contributed by atoms with Gasteiger partial charge in [0.2, 0.25) is 0 Å². The number of rotatable bonds is 5. The van der Waals surface area contributed by atoms with Gasteiger partial charge < -0.3 is 0 Å². The summed E-state index contributed by atoms with van der Waals surface area (Å²) in [7, 11) is 0. The van der Waals surface area contributed by atoms with Gasteiger partial charge in [0.15, 0.2) is 0 Å². The van der Waals surface area contributed by atoms with Crippen LogP contribution in [0.3, 0.4) is 0 Å². The topological polar surface area (TPSA) is 96.8 Å². The Bertz CT molecular complexity index is 714. The van der Waals surface area contributed by atoms with Crippen LogP contribution in [0, 0.1) is 5.92 Å². The molecule has 0 aliphatic carbocycles. The van der Waals surface area contributed by atoms with E-state index < -0.39 is 38.1 Å². The summed E-state index contributed by atoms with van der Waals surface area (Å²) in [5.41, 5.74) is 0.115. The number of ether oxygens (including phenoxy) is 1. The van der Waals surface area contributed by atoms with E-state index in [-0.39, 0.29) is 23.0 Å². The average molecular weight is 424 g/mol. The second-order valence-corrected chi connectivity index (χ2v) is 10.4. The first-order chi connectivity index (χ1) is 12.0. The van der Waals surface area contributed by atoms with Crippen LogP contribution in [0.2, 0.25) is 4.71 Å². The van der Waals surface area contributed by atoms with Gasteiger partial charge in [0, 0.05) is 0 Å². The van der Waals surface area contributed by atoms with Crippen LogP contribution < -0.4 is 4.90 Å². The van der Waals surface area contributed by atoms with Crippen LogP contribution in [-0.4, -0.2) is 54.1 Å². The minimum atomic E-state index is -1.43. The van der Waals surface area contributed by atoms with E-state index in [0.29, 0.717) is 5.82 Å². The van der Waals surface area contributed by atoms with Gasteiger partial charge in [-0.1, -0.05) is 0 Å². The number of nitrogens with zero attached hydrogens (tertiary/aromatic N) is 2. The summed E-state index contributed by atoms with van der Waals surface area (Å²) >= 11 is -1.43. The van der Waals surface area contributed by atoms with Crippen LogP contribution in [0.25, 0.3) is 0 Å². The Labute approximate surface area is 159 Å². The Kier molecular flexibility index (Phi) is 6.12. The standard InChI is InChI=1S/C18H25AsN2O5/c1-10(2)13(19-17(25)26-18(3,4)5)15(22)21-12(16(23)24)9-11-7-6-8-20-14(11)21/h6-8,10,12-13,19H,9H2,1-5H3,(H,23,24)/t12?,13-/m0/s1. The van der Waals surface area contributed by atoms with E-state index in [2.05, 4.69) is 4.98 Å². The predicted molar refractivity (Wildman–Crippen MR) is 98.8 cm³/mol. The predicted octanol–water partition coefficient (Wildman–Crippen LogP) is 2.24. The van der Waals surface area contributed by atoms with E-state index in [0.717, 1.165) is 5.56 Å². The van der Waals surface area contributed by atoms with Crippen molar-refractivity contribution in [3.8, 4) is 0 Å². The molecule has 0 radical (unpaired) electrons. The summed E-state index contributed by atoms with van der Waals surface area (Å²) in [6.45, 7) is 9.07. The fourth-order valence-corrected chi connectivity index (χ4v) is 5.36. The summed E-state index contributed by atoms with van der Waals surface area (Å²) < 4.78 is 4.48. The molecule has 8 heteroatoms. The fourth-order valence-electron chi connectivity index (χ4n) is 2.81. The monoisotopic (exact) mass is 424 g/mol. The normalized spacial score (nSPS) is 18.2. The van der Waals surface area contributed by atoms with E-state index in [1.165, 1.54) is 11.1 Å². The molecule has 1 amide bonds.